The molecule has 0 spiro atoms. The van der Waals surface area contributed by atoms with Gasteiger partial charge in [-0.3, -0.25) is 0 Å². The second-order valence-corrected chi connectivity index (χ2v) is 6.39. The summed E-state index contributed by atoms with van der Waals surface area (Å²) < 4.78 is 0. The Hall–Kier alpha value is -2.34. The number of hydrogen-bond acceptors (Lipinski definition) is 0. The van der Waals surface area contributed by atoms with Crippen LogP contribution in [0.2, 0.25) is 0 Å². The van der Waals surface area contributed by atoms with Gasteiger partial charge in [0.2, 0.25) is 0 Å². The first-order valence-electron chi connectivity index (χ1n) is 8.68. The van der Waals surface area contributed by atoms with E-state index in [2.05, 4.69) is 73.7 Å². The zero-order valence-corrected chi connectivity index (χ0v) is 13.7. The zero-order valence-electron chi connectivity index (χ0n) is 13.7. The van der Waals surface area contributed by atoms with Gasteiger partial charge in [0, 0.05) is 0 Å². The van der Waals surface area contributed by atoms with Gasteiger partial charge >= 0.3 is 0 Å². The maximum atomic E-state index is 2.36. The summed E-state index contributed by atoms with van der Waals surface area (Å²) in [6, 6.07) is 20.1. The van der Waals surface area contributed by atoms with Crippen molar-refractivity contribution in [3.8, 4) is 11.1 Å². The second-order valence-electron chi connectivity index (χ2n) is 6.39. The number of allylic oxidation sites excluding steroid dienone is 1. The minimum atomic E-state index is 1.14. The van der Waals surface area contributed by atoms with Crippen molar-refractivity contribution < 1.29 is 0 Å². The Bertz CT molecular complexity index is 878. The quantitative estimate of drug-likeness (QED) is 0.523. The van der Waals surface area contributed by atoms with Crippen LogP contribution in [-0.2, 0) is 12.8 Å². The van der Waals surface area contributed by atoms with Gasteiger partial charge in [0.15, 0.2) is 0 Å². The number of hydrogen-bond donors (Lipinski definition) is 0. The van der Waals surface area contributed by atoms with E-state index in [1.807, 2.05) is 0 Å². The molecule has 0 saturated carbocycles. The van der Waals surface area contributed by atoms with Gasteiger partial charge in [-0.2, -0.15) is 0 Å². The summed E-state index contributed by atoms with van der Waals surface area (Å²) in [5.74, 6) is 0. The summed E-state index contributed by atoms with van der Waals surface area (Å²) in [7, 11) is 0. The monoisotopic (exact) mass is 298 g/mol. The Morgan fingerprint density at radius 1 is 0.913 bits per heavy atom. The molecule has 0 fully saturated rings. The van der Waals surface area contributed by atoms with E-state index in [4.69, 9.17) is 0 Å². The van der Waals surface area contributed by atoms with E-state index in [1.54, 1.807) is 0 Å². The number of aryl methyl sites for hydroxylation is 2. The normalized spacial score (nSPS) is 13.3. The van der Waals surface area contributed by atoms with Crippen LogP contribution in [0.4, 0.5) is 0 Å². The molecule has 0 unspecified atom stereocenters. The average Bonchev–Trinajstić information content (AvgIpc) is 2.61. The third kappa shape index (κ3) is 2.49. The fraction of sp³-hybridized carbons (Fsp3) is 0.217. The fourth-order valence-corrected chi connectivity index (χ4v) is 3.80. The van der Waals surface area contributed by atoms with Crippen LogP contribution in [0, 0.1) is 0 Å². The van der Waals surface area contributed by atoms with Gasteiger partial charge in [0.25, 0.3) is 0 Å². The Morgan fingerprint density at radius 2 is 1.78 bits per heavy atom. The molecule has 3 aromatic rings. The van der Waals surface area contributed by atoms with Crippen molar-refractivity contribution in [3.63, 3.8) is 0 Å². The lowest BCUT2D eigenvalue weighted by atomic mass is 9.84. The average molecular weight is 298 g/mol. The number of rotatable bonds is 3. The summed E-state index contributed by atoms with van der Waals surface area (Å²) in [4.78, 5) is 0. The predicted octanol–water partition coefficient (Wildman–Crippen LogP) is 6.42. The van der Waals surface area contributed by atoms with Crippen LogP contribution < -0.4 is 0 Å². The molecule has 3 aromatic carbocycles. The maximum absolute atomic E-state index is 2.36. The molecule has 0 heteroatoms. The number of benzene rings is 3. The molecule has 0 radical (unpaired) electrons. The topological polar surface area (TPSA) is 0 Å². The number of fused-ring (bicyclic) bond motifs is 2. The van der Waals surface area contributed by atoms with Crippen molar-refractivity contribution in [1.82, 2.24) is 0 Å². The van der Waals surface area contributed by atoms with Gasteiger partial charge < -0.3 is 0 Å². The molecule has 0 saturated heterocycles. The van der Waals surface area contributed by atoms with Crippen LogP contribution in [0.15, 0.2) is 60.7 Å². The molecule has 0 nitrogen and oxygen atoms in total. The van der Waals surface area contributed by atoms with Crippen molar-refractivity contribution in [2.24, 2.45) is 0 Å². The minimum Gasteiger partial charge on any atom is -0.0836 e. The van der Waals surface area contributed by atoms with Crippen LogP contribution in [0.25, 0.3) is 28.0 Å². The van der Waals surface area contributed by atoms with Gasteiger partial charge in [0.1, 0.15) is 0 Å². The molecule has 4 rings (SSSR count). The van der Waals surface area contributed by atoms with Crippen LogP contribution in [0.3, 0.4) is 0 Å². The highest BCUT2D eigenvalue weighted by Gasteiger charge is 2.16. The van der Waals surface area contributed by atoms with Crippen LogP contribution >= 0.6 is 0 Å². The first-order valence-corrected chi connectivity index (χ1v) is 8.68. The molecule has 0 atom stereocenters. The summed E-state index contributed by atoms with van der Waals surface area (Å²) in [5, 5.41) is 2.68. The third-order valence-corrected chi connectivity index (χ3v) is 4.87. The highest BCUT2D eigenvalue weighted by atomic mass is 14.2. The van der Waals surface area contributed by atoms with E-state index in [9.17, 15) is 0 Å². The second kappa shape index (κ2) is 6.04. The summed E-state index contributed by atoms with van der Waals surface area (Å²) >= 11 is 0. The van der Waals surface area contributed by atoms with Crippen molar-refractivity contribution >= 4 is 16.8 Å². The first-order chi connectivity index (χ1) is 11.4. The molecule has 1 aliphatic carbocycles. The Morgan fingerprint density at radius 3 is 2.70 bits per heavy atom. The van der Waals surface area contributed by atoms with Crippen molar-refractivity contribution in [3.05, 3.63) is 77.4 Å². The molecule has 0 amide bonds. The van der Waals surface area contributed by atoms with E-state index in [0.717, 1.165) is 19.3 Å². The SMILES string of the molecule is CCCc1ccc2c(c1-c1cccc3ccccc13)C=CCC2. The maximum Gasteiger partial charge on any atom is -0.00704 e. The van der Waals surface area contributed by atoms with E-state index in [1.165, 1.54) is 45.0 Å². The Kier molecular flexibility index (Phi) is 3.75. The predicted molar refractivity (Wildman–Crippen MR) is 101 cm³/mol. The van der Waals surface area contributed by atoms with Crippen molar-refractivity contribution in [2.45, 2.75) is 32.6 Å². The lowest BCUT2D eigenvalue weighted by molar-refractivity contribution is 0.916. The lowest BCUT2D eigenvalue weighted by Gasteiger charge is -2.20. The van der Waals surface area contributed by atoms with E-state index in [-0.39, 0.29) is 0 Å². The Balaban J connectivity index is 2.05. The third-order valence-electron chi connectivity index (χ3n) is 4.87. The van der Waals surface area contributed by atoms with Crippen LogP contribution in [0.1, 0.15) is 36.5 Å². The summed E-state index contributed by atoms with van der Waals surface area (Å²) in [5.41, 5.74) is 7.26. The summed E-state index contributed by atoms with van der Waals surface area (Å²) in [6.45, 7) is 2.27. The minimum absolute atomic E-state index is 1.14. The van der Waals surface area contributed by atoms with Crippen molar-refractivity contribution in [2.75, 3.05) is 0 Å². The van der Waals surface area contributed by atoms with Crippen molar-refractivity contribution in [1.29, 1.82) is 0 Å². The molecule has 0 bridgehead atoms. The Labute approximate surface area is 138 Å². The molecule has 114 valence electrons. The first kappa shape index (κ1) is 14.3. The largest absolute Gasteiger partial charge is 0.0836 e. The van der Waals surface area contributed by atoms with E-state index in [0.29, 0.717) is 0 Å². The lowest BCUT2D eigenvalue weighted by Crippen LogP contribution is -2.01. The molecule has 0 heterocycles. The highest BCUT2D eigenvalue weighted by molar-refractivity contribution is 5.99. The fourth-order valence-electron chi connectivity index (χ4n) is 3.80. The van der Waals surface area contributed by atoms with Gasteiger partial charge in [-0.25, -0.2) is 0 Å². The molecule has 1 aliphatic rings. The van der Waals surface area contributed by atoms with Gasteiger partial charge in [-0.1, -0.05) is 80.1 Å². The summed E-state index contributed by atoms with van der Waals surface area (Å²) in [6.07, 6.45) is 9.31. The standard InChI is InChI=1S/C23H22/c1-2-8-19-16-15-18-10-4-6-13-21(18)23(19)22-14-7-11-17-9-3-5-12-20(17)22/h3,5-7,9,11-16H,2,4,8,10H2,1H3. The van der Waals surface area contributed by atoms with Crippen LogP contribution in [-0.4, -0.2) is 0 Å². The molecule has 0 N–H and O–H groups in total. The molecular weight excluding hydrogens is 276 g/mol. The van der Waals surface area contributed by atoms with Crippen LogP contribution in [0.5, 0.6) is 0 Å². The highest BCUT2D eigenvalue weighted by Crippen LogP contribution is 2.38. The molecular formula is C23H22. The van der Waals surface area contributed by atoms with Gasteiger partial charge in [-0.15, -0.1) is 0 Å². The molecule has 0 aliphatic heterocycles. The molecule has 23 heavy (non-hydrogen) atoms. The van der Waals surface area contributed by atoms with E-state index < -0.39 is 0 Å². The van der Waals surface area contributed by atoms with E-state index >= 15 is 0 Å². The van der Waals surface area contributed by atoms with Gasteiger partial charge in [-0.05, 0) is 57.9 Å². The smallest absolute Gasteiger partial charge is 0.00704 e. The molecule has 0 aromatic heterocycles. The van der Waals surface area contributed by atoms with Gasteiger partial charge in [0.05, 0.1) is 0 Å². The zero-order chi connectivity index (χ0) is 15.6.